The maximum absolute atomic E-state index is 12.6. The van der Waals surface area contributed by atoms with E-state index < -0.39 is 24.6 Å². The maximum Gasteiger partial charge on any atom is 0.403 e. The Morgan fingerprint density at radius 2 is 1.90 bits per heavy atom. The predicted molar refractivity (Wildman–Crippen MR) is 70.2 cm³/mol. The first-order valence-corrected chi connectivity index (χ1v) is 6.03. The van der Waals surface area contributed by atoms with Gasteiger partial charge in [0, 0.05) is 18.7 Å². The van der Waals surface area contributed by atoms with Crippen molar-refractivity contribution in [2.75, 3.05) is 26.1 Å². The molecule has 0 aliphatic carbocycles. The molecule has 118 valence electrons. The molecule has 1 aromatic carbocycles. The highest BCUT2D eigenvalue weighted by Crippen LogP contribution is 2.36. The summed E-state index contributed by atoms with van der Waals surface area (Å²) >= 11 is 5.86. The highest BCUT2D eigenvalue weighted by atomic mass is 35.5. The lowest BCUT2D eigenvalue weighted by atomic mass is 10.1. The molecular formula is C12H13ClF3NO4. The van der Waals surface area contributed by atoms with Crippen LogP contribution in [-0.2, 0) is 4.79 Å². The fourth-order valence-electron chi connectivity index (χ4n) is 1.55. The number of ether oxygens (including phenoxy) is 2. The Morgan fingerprint density at radius 1 is 1.33 bits per heavy atom. The number of hydrogen-bond acceptors (Lipinski definition) is 4. The molecule has 21 heavy (non-hydrogen) atoms. The van der Waals surface area contributed by atoms with E-state index in [1.165, 1.54) is 26.4 Å². The van der Waals surface area contributed by atoms with Crippen molar-refractivity contribution in [1.29, 1.82) is 0 Å². The number of anilines is 1. The SMILES string of the molecule is COc1cc(NCC(C(=O)O)C(F)(F)F)c(OC)cc1Cl. The van der Waals surface area contributed by atoms with E-state index >= 15 is 0 Å². The van der Waals surface area contributed by atoms with Crippen molar-refractivity contribution in [3.63, 3.8) is 0 Å². The Morgan fingerprint density at radius 3 is 2.33 bits per heavy atom. The Bertz CT molecular complexity index is 522. The van der Waals surface area contributed by atoms with Gasteiger partial charge in [0.15, 0.2) is 5.92 Å². The molecule has 0 amide bonds. The zero-order chi connectivity index (χ0) is 16.2. The number of benzene rings is 1. The van der Waals surface area contributed by atoms with Crippen LogP contribution in [0.3, 0.4) is 0 Å². The molecule has 0 aliphatic rings. The van der Waals surface area contributed by atoms with Gasteiger partial charge in [0.1, 0.15) is 11.5 Å². The van der Waals surface area contributed by atoms with Gasteiger partial charge >= 0.3 is 12.1 Å². The van der Waals surface area contributed by atoms with Crippen molar-refractivity contribution in [3.05, 3.63) is 17.2 Å². The lowest BCUT2D eigenvalue weighted by Crippen LogP contribution is -2.36. The maximum atomic E-state index is 12.6. The van der Waals surface area contributed by atoms with Crippen molar-refractivity contribution in [3.8, 4) is 11.5 Å². The number of rotatable bonds is 6. The van der Waals surface area contributed by atoms with Gasteiger partial charge in [-0.2, -0.15) is 13.2 Å². The molecule has 0 spiro atoms. The number of carboxylic acid groups (broad SMARTS) is 1. The summed E-state index contributed by atoms with van der Waals surface area (Å²) in [7, 11) is 2.65. The van der Waals surface area contributed by atoms with Crippen LogP contribution in [0.25, 0.3) is 0 Å². The van der Waals surface area contributed by atoms with Crippen molar-refractivity contribution in [2.24, 2.45) is 5.92 Å². The van der Waals surface area contributed by atoms with Gasteiger partial charge in [0.05, 0.1) is 24.9 Å². The molecule has 1 rings (SSSR count). The van der Waals surface area contributed by atoms with Crippen LogP contribution in [0.2, 0.25) is 5.02 Å². The number of alkyl halides is 3. The zero-order valence-electron chi connectivity index (χ0n) is 11.1. The van der Waals surface area contributed by atoms with E-state index in [9.17, 15) is 18.0 Å². The summed E-state index contributed by atoms with van der Waals surface area (Å²) in [5, 5.41) is 11.2. The van der Waals surface area contributed by atoms with Gasteiger partial charge in [0.25, 0.3) is 0 Å². The van der Waals surface area contributed by atoms with Gasteiger partial charge in [-0.05, 0) is 0 Å². The van der Waals surface area contributed by atoms with Crippen LogP contribution >= 0.6 is 11.6 Å². The third kappa shape index (κ3) is 4.32. The first-order valence-electron chi connectivity index (χ1n) is 5.65. The molecule has 1 atom stereocenters. The first-order chi connectivity index (χ1) is 9.70. The van der Waals surface area contributed by atoms with Crippen molar-refractivity contribution in [2.45, 2.75) is 6.18 Å². The van der Waals surface area contributed by atoms with Crippen LogP contribution in [0.4, 0.5) is 18.9 Å². The van der Waals surface area contributed by atoms with Gasteiger partial charge in [-0.15, -0.1) is 0 Å². The minimum Gasteiger partial charge on any atom is -0.495 e. The van der Waals surface area contributed by atoms with Crippen LogP contribution in [0.1, 0.15) is 0 Å². The average Bonchev–Trinajstić information content (AvgIpc) is 2.37. The van der Waals surface area contributed by atoms with Crippen molar-refractivity contribution < 1.29 is 32.5 Å². The van der Waals surface area contributed by atoms with E-state index in [-0.39, 0.29) is 22.2 Å². The number of aliphatic carboxylic acids is 1. The van der Waals surface area contributed by atoms with Crippen LogP contribution in [-0.4, -0.2) is 38.0 Å². The van der Waals surface area contributed by atoms with E-state index in [0.717, 1.165) is 0 Å². The molecule has 0 aliphatic heterocycles. The molecule has 0 saturated carbocycles. The highest BCUT2D eigenvalue weighted by molar-refractivity contribution is 6.32. The van der Waals surface area contributed by atoms with E-state index in [0.29, 0.717) is 0 Å². The number of carbonyl (C=O) groups is 1. The molecule has 1 unspecified atom stereocenters. The second kappa shape index (κ2) is 6.75. The van der Waals surface area contributed by atoms with Crippen molar-refractivity contribution >= 4 is 23.3 Å². The summed E-state index contributed by atoms with van der Waals surface area (Å²) in [5.41, 5.74) is 0.147. The molecule has 0 radical (unpaired) electrons. The predicted octanol–water partition coefficient (Wildman–Crippen LogP) is 3.03. The summed E-state index contributed by atoms with van der Waals surface area (Å²) in [6.07, 6.45) is -4.86. The van der Waals surface area contributed by atoms with Gasteiger partial charge in [-0.1, -0.05) is 11.6 Å². The summed E-state index contributed by atoms with van der Waals surface area (Å²) in [6, 6.07) is 2.68. The Labute approximate surface area is 123 Å². The number of hydrogen-bond donors (Lipinski definition) is 2. The van der Waals surface area contributed by atoms with Gasteiger partial charge < -0.3 is 19.9 Å². The van der Waals surface area contributed by atoms with Gasteiger partial charge in [-0.3, -0.25) is 4.79 Å². The lowest BCUT2D eigenvalue weighted by molar-refractivity contribution is -0.190. The normalized spacial score (nSPS) is 12.7. The third-order valence-electron chi connectivity index (χ3n) is 2.66. The van der Waals surface area contributed by atoms with Crippen LogP contribution in [0, 0.1) is 5.92 Å². The Hall–Kier alpha value is -1.83. The van der Waals surface area contributed by atoms with Crippen LogP contribution < -0.4 is 14.8 Å². The Balaban J connectivity index is 2.99. The molecule has 0 aromatic heterocycles. The van der Waals surface area contributed by atoms with Crippen molar-refractivity contribution in [1.82, 2.24) is 0 Å². The van der Waals surface area contributed by atoms with E-state index in [1.807, 2.05) is 0 Å². The first kappa shape index (κ1) is 17.2. The monoisotopic (exact) mass is 327 g/mol. The molecule has 2 N–H and O–H groups in total. The molecule has 0 bridgehead atoms. The highest BCUT2D eigenvalue weighted by Gasteiger charge is 2.45. The lowest BCUT2D eigenvalue weighted by Gasteiger charge is -2.19. The Kier molecular flexibility index (Phi) is 5.54. The molecule has 1 aromatic rings. The second-order valence-corrected chi connectivity index (χ2v) is 4.41. The average molecular weight is 328 g/mol. The molecular weight excluding hydrogens is 315 g/mol. The van der Waals surface area contributed by atoms with Gasteiger partial charge in [0.2, 0.25) is 0 Å². The molecule has 9 heteroatoms. The minimum atomic E-state index is -4.86. The minimum absolute atomic E-state index is 0.147. The quantitative estimate of drug-likeness (QED) is 0.840. The summed E-state index contributed by atoms with van der Waals surface area (Å²) in [6.45, 7) is -0.847. The fourth-order valence-corrected chi connectivity index (χ4v) is 1.78. The summed E-state index contributed by atoms with van der Waals surface area (Å²) in [4.78, 5) is 10.7. The molecule has 0 saturated heterocycles. The second-order valence-electron chi connectivity index (χ2n) is 4.00. The number of methoxy groups -OCH3 is 2. The summed E-state index contributed by atoms with van der Waals surface area (Å²) in [5.74, 6) is -4.11. The molecule has 0 heterocycles. The largest absolute Gasteiger partial charge is 0.495 e. The summed E-state index contributed by atoms with van der Waals surface area (Å²) < 4.78 is 47.6. The third-order valence-corrected chi connectivity index (χ3v) is 2.96. The van der Waals surface area contributed by atoms with E-state index in [4.69, 9.17) is 26.2 Å². The standard InChI is InChI=1S/C12H13ClF3NO4/c1-20-9-4-8(10(21-2)3-7(9)13)17-5-6(11(18)19)12(14,15)16/h3-4,6,17H,5H2,1-2H3,(H,18,19). The van der Waals surface area contributed by atoms with E-state index in [1.54, 1.807) is 0 Å². The number of halogens is 4. The van der Waals surface area contributed by atoms with E-state index in [2.05, 4.69) is 5.32 Å². The van der Waals surface area contributed by atoms with Crippen LogP contribution in [0.5, 0.6) is 11.5 Å². The molecule has 0 fully saturated rings. The smallest absolute Gasteiger partial charge is 0.403 e. The number of nitrogens with one attached hydrogen (secondary N) is 1. The number of carboxylic acids is 1. The van der Waals surface area contributed by atoms with Gasteiger partial charge in [-0.25, -0.2) is 0 Å². The van der Waals surface area contributed by atoms with Crippen LogP contribution in [0.15, 0.2) is 12.1 Å². The zero-order valence-corrected chi connectivity index (χ0v) is 11.9. The molecule has 5 nitrogen and oxygen atoms in total. The topological polar surface area (TPSA) is 67.8 Å². The fraction of sp³-hybridized carbons (Fsp3) is 0.417.